The second-order valence-corrected chi connectivity index (χ2v) is 18.1. The highest BCUT2D eigenvalue weighted by Crippen LogP contribution is 2.15. The van der Waals surface area contributed by atoms with Crippen molar-refractivity contribution >= 4 is 17.9 Å². The quantitative estimate of drug-likeness (QED) is 0.0262. The van der Waals surface area contributed by atoms with E-state index in [0.717, 1.165) is 70.6 Å². The molecule has 0 aromatic rings. The van der Waals surface area contributed by atoms with E-state index in [0.29, 0.717) is 19.3 Å². The second kappa shape index (κ2) is 52.0. The molecule has 0 aromatic heterocycles. The summed E-state index contributed by atoms with van der Waals surface area (Å²) in [5.74, 6) is -0.926. The minimum Gasteiger partial charge on any atom is -0.462 e. The Morgan fingerprint density at radius 3 is 0.968 bits per heavy atom. The Hall–Kier alpha value is -2.63. The lowest BCUT2D eigenvalue weighted by molar-refractivity contribution is -0.167. The van der Waals surface area contributed by atoms with E-state index in [9.17, 15) is 14.4 Å². The topological polar surface area (TPSA) is 78.9 Å². The maximum atomic E-state index is 12.8. The lowest BCUT2D eigenvalue weighted by atomic mass is 10.0. The Morgan fingerprint density at radius 2 is 0.571 bits per heavy atom. The number of rotatable bonds is 49. The first kappa shape index (κ1) is 60.4. The molecule has 0 amide bonds. The van der Waals surface area contributed by atoms with E-state index < -0.39 is 6.10 Å². The van der Waals surface area contributed by atoms with Gasteiger partial charge in [-0.2, -0.15) is 0 Å². The Labute approximate surface area is 390 Å². The Balaban J connectivity index is 4.43. The van der Waals surface area contributed by atoms with Gasteiger partial charge in [-0.25, -0.2) is 0 Å². The third kappa shape index (κ3) is 50.2. The van der Waals surface area contributed by atoms with Crippen LogP contribution in [0.15, 0.2) is 48.6 Å². The van der Waals surface area contributed by atoms with Gasteiger partial charge in [-0.1, -0.05) is 223 Å². The molecule has 0 fully saturated rings. The van der Waals surface area contributed by atoms with E-state index in [2.05, 4.69) is 69.4 Å². The summed E-state index contributed by atoms with van der Waals surface area (Å²) in [6.07, 6.45) is 62.4. The average Bonchev–Trinajstić information content (AvgIpc) is 3.28. The van der Waals surface area contributed by atoms with Gasteiger partial charge in [0.15, 0.2) is 6.10 Å². The van der Waals surface area contributed by atoms with Crippen LogP contribution in [-0.2, 0) is 28.6 Å². The normalized spacial score (nSPS) is 12.4. The average molecular weight is 883 g/mol. The molecule has 63 heavy (non-hydrogen) atoms. The number of esters is 3. The number of carbonyl (C=O) groups is 3. The highest BCUT2D eigenvalue weighted by Gasteiger charge is 2.19. The van der Waals surface area contributed by atoms with Crippen LogP contribution in [0.2, 0.25) is 0 Å². The molecule has 0 aliphatic rings. The number of hydrogen-bond donors (Lipinski definition) is 0. The van der Waals surface area contributed by atoms with Gasteiger partial charge in [-0.15, -0.1) is 0 Å². The summed E-state index contributed by atoms with van der Waals surface area (Å²) in [6, 6.07) is 0. The van der Waals surface area contributed by atoms with Crippen LogP contribution in [0.4, 0.5) is 0 Å². The van der Waals surface area contributed by atoms with Crippen LogP contribution in [0.5, 0.6) is 0 Å². The number of allylic oxidation sites excluding steroid dienone is 8. The molecule has 0 saturated carbocycles. The first-order valence-electron chi connectivity index (χ1n) is 27.1. The van der Waals surface area contributed by atoms with Crippen molar-refractivity contribution in [3.63, 3.8) is 0 Å². The van der Waals surface area contributed by atoms with E-state index >= 15 is 0 Å². The van der Waals surface area contributed by atoms with Crippen molar-refractivity contribution in [2.75, 3.05) is 13.2 Å². The van der Waals surface area contributed by atoms with Gasteiger partial charge in [0.2, 0.25) is 0 Å². The summed E-state index contributed by atoms with van der Waals surface area (Å²) in [5.41, 5.74) is 0. The Kier molecular flexibility index (Phi) is 49.8. The SMILES string of the molecule is CCCCC/C=C\C/C=C\C/C=C\CCCCC(=O)O[C@@H](COC(=O)CCCCCCC/C=C\CCCCCCCCC)COC(=O)CCCCCCCCCCCCCCCC. The third-order valence-electron chi connectivity index (χ3n) is 11.8. The highest BCUT2D eigenvalue weighted by molar-refractivity contribution is 5.71. The first-order valence-corrected chi connectivity index (χ1v) is 27.1. The summed E-state index contributed by atoms with van der Waals surface area (Å²) in [6.45, 7) is 6.59. The molecule has 366 valence electrons. The summed E-state index contributed by atoms with van der Waals surface area (Å²) in [5, 5.41) is 0. The van der Waals surface area contributed by atoms with Crippen molar-refractivity contribution in [1.82, 2.24) is 0 Å². The van der Waals surface area contributed by atoms with Crippen LogP contribution in [-0.4, -0.2) is 37.2 Å². The fourth-order valence-corrected chi connectivity index (χ4v) is 7.68. The molecule has 0 spiro atoms. The third-order valence-corrected chi connectivity index (χ3v) is 11.8. The van der Waals surface area contributed by atoms with Crippen molar-refractivity contribution in [3.05, 3.63) is 48.6 Å². The smallest absolute Gasteiger partial charge is 0.306 e. The lowest BCUT2D eigenvalue weighted by Crippen LogP contribution is -2.30. The molecule has 1 atom stereocenters. The van der Waals surface area contributed by atoms with Crippen molar-refractivity contribution in [3.8, 4) is 0 Å². The fourth-order valence-electron chi connectivity index (χ4n) is 7.68. The molecule has 0 bridgehead atoms. The van der Waals surface area contributed by atoms with Crippen molar-refractivity contribution in [2.24, 2.45) is 0 Å². The summed E-state index contributed by atoms with van der Waals surface area (Å²) < 4.78 is 16.8. The first-order chi connectivity index (χ1) is 31.0. The lowest BCUT2D eigenvalue weighted by Gasteiger charge is -2.18. The van der Waals surface area contributed by atoms with Crippen LogP contribution in [0.3, 0.4) is 0 Å². The second-order valence-electron chi connectivity index (χ2n) is 18.1. The molecule has 0 rings (SSSR count). The standard InChI is InChI=1S/C57H102O6/c1-4-7-10-13-16-19-22-25-28-30-32-35-38-41-44-47-50-56(59)62-53-54(52-61-55(58)49-46-43-40-37-34-31-27-24-21-18-15-12-9-6-3)63-57(60)51-48-45-42-39-36-33-29-26-23-20-17-14-11-8-5-2/h17,20,26,28-30,36,39,54H,4-16,18-19,21-25,27,31-35,37-38,40-53H2,1-3H3/b20-17-,29-26-,30-28-,39-36-/t54-/m1/s1. The molecule has 0 unspecified atom stereocenters. The Morgan fingerprint density at radius 1 is 0.317 bits per heavy atom. The largest absolute Gasteiger partial charge is 0.462 e. The van der Waals surface area contributed by atoms with Crippen LogP contribution >= 0.6 is 0 Å². The van der Waals surface area contributed by atoms with Gasteiger partial charge >= 0.3 is 17.9 Å². The monoisotopic (exact) mass is 883 g/mol. The van der Waals surface area contributed by atoms with Crippen molar-refractivity contribution in [2.45, 2.75) is 284 Å². The van der Waals surface area contributed by atoms with Gasteiger partial charge in [0, 0.05) is 19.3 Å². The Bertz CT molecular complexity index is 1110. The molecule has 0 heterocycles. The molecule has 0 aliphatic carbocycles. The molecule has 6 nitrogen and oxygen atoms in total. The van der Waals surface area contributed by atoms with Gasteiger partial charge in [0.05, 0.1) is 0 Å². The molecule has 0 aromatic carbocycles. The number of hydrogen-bond acceptors (Lipinski definition) is 6. The maximum absolute atomic E-state index is 12.8. The maximum Gasteiger partial charge on any atom is 0.306 e. The zero-order valence-electron chi connectivity index (χ0n) is 41.8. The predicted octanol–water partition coefficient (Wildman–Crippen LogP) is 17.9. The van der Waals surface area contributed by atoms with E-state index in [4.69, 9.17) is 14.2 Å². The summed E-state index contributed by atoms with van der Waals surface area (Å²) in [4.78, 5) is 38.0. The van der Waals surface area contributed by atoms with Crippen LogP contribution in [0.25, 0.3) is 0 Å². The minimum atomic E-state index is -0.793. The number of ether oxygens (including phenoxy) is 3. The van der Waals surface area contributed by atoms with Crippen molar-refractivity contribution in [1.29, 1.82) is 0 Å². The summed E-state index contributed by atoms with van der Waals surface area (Å²) >= 11 is 0. The molecular formula is C57H102O6. The number of unbranched alkanes of at least 4 members (excludes halogenated alkanes) is 30. The molecule has 0 N–H and O–H groups in total. The minimum absolute atomic E-state index is 0.0884. The summed E-state index contributed by atoms with van der Waals surface area (Å²) in [7, 11) is 0. The van der Waals surface area contributed by atoms with E-state index in [1.807, 2.05) is 0 Å². The van der Waals surface area contributed by atoms with Crippen LogP contribution in [0, 0.1) is 0 Å². The molecule has 6 heteroatoms. The molecular weight excluding hydrogens is 781 g/mol. The zero-order chi connectivity index (χ0) is 45.8. The fraction of sp³-hybridized carbons (Fsp3) is 0.807. The van der Waals surface area contributed by atoms with Crippen LogP contribution < -0.4 is 0 Å². The van der Waals surface area contributed by atoms with E-state index in [1.54, 1.807) is 0 Å². The molecule has 0 radical (unpaired) electrons. The van der Waals surface area contributed by atoms with Gasteiger partial charge in [-0.05, 0) is 83.5 Å². The predicted molar refractivity (Wildman–Crippen MR) is 270 cm³/mol. The highest BCUT2D eigenvalue weighted by atomic mass is 16.6. The molecule has 0 aliphatic heterocycles. The van der Waals surface area contributed by atoms with Gasteiger partial charge in [0.25, 0.3) is 0 Å². The number of carbonyl (C=O) groups excluding carboxylic acids is 3. The van der Waals surface area contributed by atoms with Gasteiger partial charge in [-0.3, -0.25) is 14.4 Å². The van der Waals surface area contributed by atoms with Crippen LogP contribution in [0.1, 0.15) is 278 Å². The zero-order valence-corrected chi connectivity index (χ0v) is 41.8. The van der Waals surface area contributed by atoms with Gasteiger partial charge < -0.3 is 14.2 Å². The molecule has 0 saturated heterocycles. The van der Waals surface area contributed by atoms with E-state index in [1.165, 1.54) is 161 Å². The van der Waals surface area contributed by atoms with E-state index in [-0.39, 0.29) is 37.5 Å². The van der Waals surface area contributed by atoms with Gasteiger partial charge in [0.1, 0.15) is 13.2 Å². The van der Waals surface area contributed by atoms with Crippen molar-refractivity contribution < 1.29 is 28.6 Å².